The van der Waals surface area contributed by atoms with Gasteiger partial charge in [-0.05, 0) is 51.4 Å². The van der Waals surface area contributed by atoms with Crippen LogP contribution in [0.5, 0.6) is 0 Å². The second kappa shape index (κ2) is 22.9. The van der Waals surface area contributed by atoms with E-state index in [4.69, 9.17) is 0 Å². The average Bonchev–Trinajstić information content (AvgIpc) is 3.20. The van der Waals surface area contributed by atoms with Crippen molar-refractivity contribution in [3.63, 3.8) is 0 Å². The summed E-state index contributed by atoms with van der Waals surface area (Å²) >= 11 is 0. The molecule has 0 spiro atoms. The lowest BCUT2D eigenvalue weighted by Crippen LogP contribution is -2.37. The van der Waals surface area contributed by atoms with Gasteiger partial charge in [0.05, 0.1) is 13.6 Å². The Morgan fingerprint density at radius 1 is 0.829 bits per heavy atom. The first-order valence-electron chi connectivity index (χ1n) is 15.1. The van der Waals surface area contributed by atoms with Gasteiger partial charge in [-0.15, -0.1) is 0 Å². The number of unbranched alkanes of at least 4 members (excludes halogenated alkanes) is 12. The number of hydrogen-bond acceptors (Lipinski definition) is 2. The monoisotopic (exact) mass is 488 g/mol. The standard InChI is InChI=1S/C31H57N3O/c1-4-6-8-10-12-14-15-17-19-21-23-25-31-33(3)28-29-34(31)27-26-32-30(35)24-22-20-18-16-13-11-9-7-5-2/h7,9-10,12H,4-6,8,11,13-29H2,1-3H3/p+1. The second-order valence-electron chi connectivity index (χ2n) is 10.3. The zero-order valence-electron chi connectivity index (χ0n) is 23.7. The van der Waals surface area contributed by atoms with Gasteiger partial charge in [0.15, 0.2) is 0 Å². The SMILES string of the molecule is CCC=CCCCCCCCC(=O)NCCN1CC[N+](C)=C1CCCCCCCC=CCCCC. The van der Waals surface area contributed by atoms with Crippen LogP contribution in [0, 0.1) is 0 Å². The van der Waals surface area contributed by atoms with Crippen molar-refractivity contribution in [2.75, 3.05) is 33.2 Å². The Morgan fingerprint density at radius 3 is 2.11 bits per heavy atom. The number of likely N-dealkylation sites (N-methyl/N-ethyl adjacent to an activating group) is 1. The summed E-state index contributed by atoms with van der Waals surface area (Å²) in [5.74, 6) is 1.71. The molecule has 0 aromatic heterocycles. The van der Waals surface area contributed by atoms with E-state index in [9.17, 15) is 4.79 Å². The highest BCUT2D eigenvalue weighted by molar-refractivity contribution is 5.78. The van der Waals surface area contributed by atoms with Gasteiger partial charge in [-0.25, -0.2) is 0 Å². The molecule has 0 fully saturated rings. The van der Waals surface area contributed by atoms with Gasteiger partial charge in [-0.1, -0.05) is 89.5 Å². The van der Waals surface area contributed by atoms with Crippen LogP contribution in [0.4, 0.5) is 0 Å². The summed E-state index contributed by atoms with van der Waals surface area (Å²) in [6.07, 6.45) is 31.3. The molecular formula is C31H58N3O+. The number of amidine groups is 1. The van der Waals surface area contributed by atoms with Crippen LogP contribution >= 0.6 is 0 Å². The van der Waals surface area contributed by atoms with Gasteiger partial charge in [0, 0.05) is 12.8 Å². The zero-order valence-corrected chi connectivity index (χ0v) is 23.7. The fourth-order valence-corrected chi connectivity index (χ4v) is 4.77. The number of carbonyl (C=O) groups excluding carboxylic acids is 1. The fourth-order valence-electron chi connectivity index (χ4n) is 4.77. The number of nitrogens with one attached hydrogen (secondary N) is 1. The maximum Gasteiger partial charge on any atom is 0.246 e. The summed E-state index contributed by atoms with van der Waals surface area (Å²) in [5.41, 5.74) is 0. The Hall–Kier alpha value is -1.58. The van der Waals surface area contributed by atoms with Crippen LogP contribution in [0.15, 0.2) is 24.3 Å². The van der Waals surface area contributed by atoms with E-state index in [1.807, 2.05) is 0 Å². The minimum atomic E-state index is 0.227. The van der Waals surface area contributed by atoms with Crippen molar-refractivity contribution in [3.8, 4) is 0 Å². The van der Waals surface area contributed by atoms with E-state index < -0.39 is 0 Å². The largest absolute Gasteiger partial charge is 0.352 e. The molecule has 0 radical (unpaired) electrons. The maximum atomic E-state index is 12.2. The maximum absolute atomic E-state index is 12.2. The highest BCUT2D eigenvalue weighted by Gasteiger charge is 2.27. The molecule has 1 amide bonds. The van der Waals surface area contributed by atoms with E-state index in [-0.39, 0.29) is 5.91 Å². The first-order chi connectivity index (χ1) is 17.2. The number of carbonyl (C=O) groups is 1. The van der Waals surface area contributed by atoms with Crippen molar-refractivity contribution in [1.82, 2.24) is 10.2 Å². The topological polar surface area (TPSA) is 35.4 Å². The first kappa shape index (κ1) is 31.4. The van der Waals surface area contributed by atoms with Crippen molar-refractivity contribution in [1.29, 1.82) is 0 Å². The van der Waals surface area contributed by atoms with E-state index in [2.05, 4.69) is 60.0 Å². The molecule has 1 aliphatic heterocycles. The Bertz CT molecular complexity index is 608. The Balaban J connectivity index is 2.03. The predicted octanol–water partition coefficient (Wildman–Crippen LogP) is 7.63. The molecule has 4 heteroatoms. The lowest BCUT2D eigenvalue weighted by molar-refractivity contribution is -0.487. The van der Waals surface area contributed by atoms with Crippen molar-refractivity contribution in [2.24, 2.45) is 0 Å². The molecule has 0 saturated carbocycles. The first-order valence-corrected chi connectivity index (χ1v) is 15.1. The van der Waals surface area contributed by atoms with Crippen LogP contribution in [0.25, 0.3) is 0 Å². The molecule has 1 aliphatic rings. The third-order valence-corrected chi connectivity index (χ3v) is 7.05. The fraction of sp³-hybridized carbons (Fsp3) is 0.806. The molecule has 0 unspecified atom stereocenters. The normalized spacial score (nSPS) is 14.2. The highest BCUT2D eigenvalue weighted by Crippen LogP contribution is 2.12. The lowest BCUT2D eigenvalue weighted by atomic mass is 10.1. The van der Waals surface area contributed by atoms with Crippen LogP contribution in [0.1, 0.15) is 129 Å². The molecule has 1 rings (SSSR count). The molecule has 0 bridgehead atoms. The van der Waals surface area contributed by atoms with E-state index in [1.54, 1.807) is 0 Å². The Kier molecular flexibility index (Phi) is 20.5. The molecule has 0 atom stereocenters. The Labute approximate surface area is 218 Å². The van der Waals surface area contributed by atoms with Crippen LogP contribution in [0.2, 0.25) is 0 Å². The van der Waals surface area contributed by atoms with Gasteiger partial charge < -0.3 is 5.32 Å². The summed E-state index contributed by atoms with van der Waals surface area (Å²) < 4.78 is 2.42. The molecule has 0 saturated heterocycles. The molecule has 1 heterocycles. The summed E-state index contributed by atoms with van der Waals surface area (Å²) in [6.45, 7) is 8.36. The van der Waals surface area contributed by atoms with E-state index in [0.29, 0.717) is 6.42 Å². The number of rotatable bonds is 23. The third kappa shape index (κ3) is 17.5. The molecule has 1 N–H and O–H groups in total. The van der Waals surface area contributed by atoms with Crippen LogP contribution in [0.3, 0.4) is 0 Å². The molecule has 4 nitrogen and oxygen atoms in total. The van der Waals surface area contributed by atoms with Crippen LogP contribution in [-0.2, 0) is 4.79 Å². The molecule has 0 aliphatic carbocycles. The number of nitrogens with zero attached hydrogens (tertiary/aromatic N) is 2. The molecule has 202 valence electrons. The van der Waals surface area contributed by atoms with E-state index in [1.165, 1.54) is 102 Å². The van der Waals surface area contributed by atoms with Crippen LogP contribution in [-0.4, -0.2) is 54.4 Å². The third-order valence-electron chi connectivity index (χ3n) is 7.05. The lowest BCUT2D eigenvalue weighted by Gasteiger charge is -2.14. The van der Waals surface area contributed by atoms with Crippen LogP contribution < -0.4 is 5.32 Å². The Morgan fingerprint density at radius 2 is 1.43 bits per heavy atom. The van der Waals surface area contributed by atoms with Crippen molar-refractivity contribution in [2.45, 2.75) is 129 Å². The number of allylic oxidation sites excluding steroid dienone is 4. The van der Waals surface area contributed by atoms with Crippen molar-refractivity contribution >= 4 is 11.7 Å². The number of amides is 1. The van der Waals surface area contributed by atoms with Gasteiger partial charge >= 0.3 is 0 Å². The summed E-state index contributed by atoms with van der Waals surface area (Å²) in [4.78, 5) is 14.7. The van der Waals surface area contributed by atoms with Gasteiger partial charge in [-0.3, -0.25) is 14.3 Å². The minimum Gasteiger partial charge on any atom is -0.352 e. The van der Waals surface area contributed by atoms with Gasteiger partial charge in [0.2, 0.25) is 11.7 Å². The quantitative estimate of drug-likeness (QED) is 0.0911. The highest BCUT2D eigenvalue weighted by atomic mass is 16.1. The molecule has 0 aromatic carbocycles. The minimum absolute atomic E-state index is 0.227. The summed E-state index contributed by atoms with van der Waals surface area (Å²) in [5, 5.41) is 3.15. The van der Waals surface area contributed by atoms with Gasteiger partial charge in [-0.2, -0.15) is 0 Å². The summed E-state index contributed by atoms with van der Waals surface area (Å²) in [6, 6.07) is 0. The van der Waals surface area contributed by atoms with Gasteiger partial charge in [0.1, 0.15) is 19.6 Å². The second-order valence-corrected chi connectivity index (χ2v) is 10.3. The molecule has 35 heavy (non-hydrogen) atoms. The van der Waals surface area contributed by atoms with Gasteiger partial charge in [0.25, 0.3) is 0 Å². The zero-order chi connectivity index (χ0) is 25.4. The van der Waals surface area contributed by atoms with E-state index >= 15 is 0 Å². The molecule has 0 aromatic rings. The smallest absolute Gasteiger partial charge is 0.246 e. The predicted molar refractivity (Wildman–Crippen MR) is 153 cm³/mol. The van der Waals surface area contributed by atoms with Crippen molar-refractivity contribution in [3.05, 3.63) is 24.3 Å². The summed E-state index contributed by atoms with van der Waals surface area (Å²) in [7, 11) is 2.22. The van der Waals surface area contributed by atoms with Crippen molar-refractivity contribution < 1.29 is 9.37 Å². The number of hydrogen-bond donors (Lipinski definition) is 1. The van der Waals surface area contributed by atoms with E-state index in [0.717, 1.165) is 39.0 Å². The molecular weight excluding hydrogens is 430 g/mol. The average molecular weight is 489 g/mol.